The molecule has 0 saturated carbocycles. The lowest BCUT2D eigenvalue weighted by molar-refractivity contribution is -0.137. The largest absolute Gasteiger partial charge is 0.481 e. The van der Waals surface area contributed by atoms with Gasteiger partial charge in [0.05, 0.1) is 13.0 Å². The van der Waals surface area contributed by atoms with E-state index < -0.39 is 23.9 Å². The van der Waals surface area contributed by atoms with Gasteiger partial charge in [0.15, 0.2) is 0 Å². The molecule has 0 bridgehead atoms. The molecule has 0 aromatic carbocycles. The third-order valence-electron chi connectivity index (χ3n) is 1.94. The number of primary amides is 1. The van der Waals surface area contributed by atoms with E-state index in [-0.39, 0.29) is 18.9 Å². The SMILES string of the molecule is CC(C)C(CC(=O)O)NC(=O)NCC(N)=O. The van der Waals surface area contributed by atoms with Crippen LogP contribution >= 0.6 is 0 Å². The van der Waals surface area contributed by atoms with Crippen molar-refractivity contribution in [2.24, 2.45) is 11.7 Å². The molecule has 1 unspecified atom stereocenters. The lowest BCUT2D eigenvalue weighted by Gasteiger charge is -2.20. The number of hydrogen-bond acceptors (Lipinski definition) is 3. The molecule has 0 fully saturated rings. The second-order valence-electron chi connectivity index (χ2n) is 3.74. The van der Waals surface area contributed by atoms with Crippen LogP contribution in [0.5, 0.6) is 0 Å². The van der Waals surface area contributed by atoms with E-state index in [1.807, 2.05) is 0 Å². The summed E-state index contributed by atoms with van der Waals surface area (Å²) < 4.78 is 0. The van der Waals surface area contributed by atoms with Gasteiger partial charge in [-0.25, -0.2) is 4.79 Å². The van der Waals surface area contributed by atoms with Crippen molar-refractivity contribution in [3.05, 3.63) is 0 Å². The summed E-state index contributed by atoms with van der Waals surface area (Å²) in [7, 11) is 0. The quantitative estimate of drug-likeness (QED) is 0.481. The molecule has 0 radical (unpaired) electrons. The highest BCUT2D eigenvalue weighted by atomic mass is 16.4. The van der Waals surface area contributed by atoms with E-state index in [2.05, 4.69) is 10.6 Å². The molecule has 0 spiro atoms. The van der Waals surface area contributed by atoms with Gasteiger partial charge in [0.25, 0.3) is 0 Å². The highest BCUT2D eigenvalue weighted by molar-refractivity contribution is 5.83. The molecule has 0 heterocycles. The number of aliphatic carboxylic acids is 1. The molecule has 0 aromatic heterocycles. The van der Waals surface area contributed by atoms with Crippen molar-refractivity contribution in [1.82, 2.24) is 10.6 Å². The van der Waals surface area contributed by atoms with Crippen LogP contribution < -0.4 is 16.4 Å². The lowest BCUT2D eigenvalue weighted by atomic mass is 10.0. The molecule has 0 aliphatic rings. The van der Waals surface area contributed by atoms with Crippen molar-refractivity contribution in [3.8, 4) is 0 Å². The van der Waals surface area contributed by atoms with Gasteiger partial charge < -0.3 is 21.5 Å². The zero-order chi connectivity index (χ0) is 12.7. The van der Waals surface area contributed by atoms with E-state index in [9.17, 15) is 14.4 Å². The van der Waals surface area contributed by atoms with Crippen LogP contribution in [0.15, 0.2) is 0 Å². The first-order valence-corrected chi connectivity index (χ1v) is 4.87. The Morgan fingerprint density at radius 2 is 1.88 bits per heavy atom. The molecule has 7 heteroatoms. The summed E-state index contributed by atoms with van der Waals surface area (Å²) in [5.74, 6) is -1.67. The number of urea groups is 1. The Morgan fingerprint density at radius 3 is 2.25 bits per heavy atom. The summed E-state index contributed by atoms with van der Waals surface area (Å²) in [5.41, 5.74) is 4.84. The Labute approximate surface area is 93.4 Å². The fourth-order valence-corrected chi connectivity index (χ4v) is 1.03. The van der Waals surface area contributed by atoms with Crippen molar-refractivity contribution in [3.63, 3.8) is 0 Å². The highest BCUT2D eigenvalue weighted by Gasteiger charge is 2.19. The summed E-state index contributed by atoms with van der Waals surface area (Å²) in [6.45, 7) is 3.31. The van der Waals surface area contributed by atoms with E-state index >= 15 is 0 Å². The minimum absolute atomic E-state index is 0.0181. The van der Waals surface area contributed by atoms with Gasteiger partial charge >= 0.3 is 12.0 Å². The minimum atomic E-state index is -0.992. The predicted molar refractivity (Wildman–Crippen MR) is 56.6 cm³/mol. The maximum absolute atomic E-state index is 11.2. The second kappa shape index (κ2) is 6.65. The van der Waals surface area contributed by atoms with Crippen molar-refractivity contribution in [2.45, 2.75) is 26.3 Å². The first kappa shape index (κ1) is 14.2. The monoisotopic (exact) mass is 231 g/mol. The van der Waals surface area contributed by atoms with Crippen LogP contribution in [0.25, 0.3) is 0 Å². The number of carboxylic acids is 1. The van der Waals surface area contributed by atoms with Gasteiger partial charge in [0.2, 0.25) is 5.91 Å². The molecule has 92 valence electrons. The molecule has 1 atom stereocenters. The third kappa shape index (κ3) is 6.63. The molecule has 16 heavy (non-hydrogen) atoms. The van der Waals surface area contributed by atoms with E-state index in [0.717, 1.165) is 0 Å². The molecule has 0 aliphatic carbocycles. The standard InChI is InChI=1S/C9H17N3O4/c1-5(2)6(3-8(14)15)12-9(16)11-4-7(10)13/h5-6H,3-4H2,1-2H3,(H2,10,13)(H,14,15)(H2,11,12,16). The molecule has 3 amide bonds. The summed E-state index contributed by atoms with van der Waals surface area (Å²) >= 11 is 0. The van der Waals surface area contributed by atoms with Gasteiger partial charge in [-0.2, -0.15) is 0 Å². The second-order valence-corrected chi connectivity index (χ2v) is 3.74. The predicted octanol–water partition coefficient (Wildman–Crippen LogP) is -0.730. The van der Waals surface area contributed by atoms with E-state index in [4.69, 9.17) is 10.8 Å². The number of nitrogens with one attached hydrogen (secondary N) is 2. The van der Waals surface area contributed by atoms with Crippen molar-refractivity contribution in [1.29, 1.82) is 0 Å². The maximum Gasteiger partial charge on any atom is 0.315 e. The van der Waals surface area contributed by atoms with E-state index in [1.54, 1.807) is 13.8 Å². The summed E-state index contributed by atoms with van der Waals surface area (Å²) in [4.78, 5) is 32.1. The average molecular weight is 231 g/mol. The Bertz CT molecular complexity index is 278. The van der Waals surface area contributed by atoms with Crippen LogP contribution in [0.3, 0.4) is 0 Å². The van der Waals surface area contributed by atoms with Crippen molar-refractivity contribution >= 4 is 17.9 Å². The normalized spacial score (nSPS) is 11.9. The Morgan fingerprint density at radius 1 is 1.31 bits per heavy atom. The van der Waals surface area contributed by atoms with Crippen molar-refractivity contribution in [2.75, 3.05) is 6.54 Å². The Kier molecular flexibility index (Phi) is 5.91. The lowest BCUT2D eigenvalue weighted by Crippen LogP contribution is -2.47. The molecule has 0 aromatic rings. The molecule has 0 rings (SSSR count). The number of carbonyl (C=O) groups excluding carboxylic acids is 2. The number of rotatable bonds is 6. The summed E-state index contributed by atoms with van der Waals surface area (Å²) in [6, 6.07) is -1.08. The smallest absolute Gasteiger partial charge is 0.315 e. The number of hydrogen-bond donors (Lipinski definition) is 4. The fourth-order valence-electron chi connectivity index (χ4n) is 1.03. The van der Waals surface area contributed by atoms with Crippen LogP contribution in [-0.4, -0.2) is 35.6 Å². The number of nitrogens with two attached hydrogens (primary N) is 1. The van der Waals surface area contributed by atoms with Crippen LogP contribution in [0.4, 0.5) is 4.79 Å². The van der Waals surface area contributed by atoms with Gasteiger partial charge in [-0.1, -0.05) is 13.8 Å². The van der Waals surface area contributed by atoms with Crippen LogP contribution in [0.2, 0.25) is 0 Å². The van der Waals surface area contributed by atoms with Gasteiger partial charge in [-0.15, -0.1) is 0 Å². The third-order valence-corrected chi connectivity index (χ3v) is 1.94. The molecule has 0 aliphatic heterocycles. The first-order valence-electron chi connectivity index (χ1n) is 4.87. The highest BCUT2D eigenvalue weighted by Crippen LogP contribution is 2.05. The zero-order valence-corrected chi connectivity index (χ0v) is 9.32. The summed E-state index contributed by atoms with van der Waals surface area (Å²) in [6.07, 6.45) is -0.165. The molecule has 5 N–H and O–H groups in total. The first-order chi connectivity index (χ1) is 7.32. The number of carboxylic acid groups (broad SMARTS) is 1. The topological polar surface area (TPSA) is 122 Å². The van der Waals surface area contributed by atoms with Crippen LogP contribution in [-0.2, 0) is 9.59 Å². The Hall–Kier alpha value is -1.79. The van der Waals surface area contributed by atoms with Gasteiger partial charge in [0, 0.05) is 6.04 Å². The van der Waals surface area contributed by atoms with E-state index in [0.29, 0.717) is 0 Å². The van der Waals surface area contributed by atoms with Crippen molar-refractivity contribution < 1.29 is 19.5 Å². The maximum atomic E-state index is 11.2. The average Bonchev–Trinajstić information content (AvgIpc) is 2.12. The fraction of sp³-hybridized carbons (Fsp3) is 0.667. The summed E-state index contributed by atoms with van der Waals surface area (Å²) in [5, 5.41) is 13.3. The van der Waals surface area contributed by atoms with Gasteiger partial charge in [0.1, 0.15) is 0 Å². The molecular weight excluding hydrogens is 214 g/mol. The minimum Gasteiger partial charge on any atom is -0.481 e. The van der Waals surface area contributed by atoms with Gasteiger partial charge in [-0.3, -0.25) is 9.59 Å². The number of carbonyl (C=O) groups is 3. The van der Waals surface area contributed by atoms with Crippen LogP contribution in [0.1, 0.15) is 20.3 Å². The molecule has 0 saturated heterocycles. The Balaban J connectivity index is 4.13. The zero-order valence-electron chi connectivity index (χ0n) is 9.32. The molecular formula is C9H17N3O4. The van der Waals surface area contributed by atoms with E-state index in [1.165, 1.54) is 0 Å². The van der Waals surface area contributed by atoms with Crippen LogP contribution in [0, 0.1) is 5.92 Å². The number of amides is 3. The van der Waals surface area contributed by atoms with Gasteiger partial charge in [-0.05, 0) is 5.92 Å². The molecule has 7 nitrogen and oxygen atoms in total.